The third-order valence-corrected chi connectivity index (χ3v) is 4.16. The number of pyridine rings is 1. The molecule has 0 spiro atoms. The highest BCUT2D eigenvalue weighted by Gasteiger charge is 2.09. The summed E-state index contributed by atoms with van der Waals surface area (Å²) in [6.07, 6.45) is 1.62. The van der Waals surface area contributed by atoms with Gasteiger partial charge in [-0.3, -0.25) is 4.98 Å². The van der Waals surface area contributed by atoms with Crippen LogP contribution < -0.4 is 0 Å². The van der Waals surface area contributed by atoms with Gasteiger partial charge in [0.15, 0.2) is 0 Å². The first kappa shape index (κ1) is 14.5. The molecule has 0 aliphatic carbocycles. The van der Waals surface area contributed by atoms with Gasteiger partial charge >= 0.3 is 0 Å². The van der Waals surface area contributed by atoms with Gasteiger partial charge in [-0.05, 0) is 40.2 Å². The van der Waals surface area contributed by atoms with Crippen LogP contribution in [-0.2, 0) is 6.42 Å². The highest BCUT2D eigenvalue weighted by atomic mass is 79.9. The van der Waals surface area contributed by atoms with Crippen molar-refractivity contribution in [3.05, 3.63) is 58.6 Å². The van der Waals surface area contributed by atoms with Crippen molar-refractivity contribution >= 4 is 27.7 Å². The van der Waals surface area contributed by atoms with Crippen LogP contribution in [0.3, 0.4) is 0 Å². The average Bonchev–Trinajstić information content (AvgIpc) is 2.40. The highest BCUT2D eigenvalue weighted by Crippen LogP contribution is 2.22. The molecule has 100 valence electrons. The Morgan fingerprint density at radius 3 is 2.74 bits per heavy atom. The van der Waals surface area contributed by atoms with E-state index in [1.807, 2.05) is 12.1 Å². The number of aliphatic hydroxyl groups is 1. The fraction of sp³-hybridized carbons (Fsp3) is 0.214. The third kappa shape index (κ3) is 4.60. The summed E-state index contributed by atoms with van der Waals surface area (Å²) in [6.45, 7) is 0. The predicted octanol–water partition coefficient (Wildman–Crippen LogP) is 3.68. The molecule has 0 aliphatic rings. The first-order valence-electron chi connectivity index (χ1n) is 5.81. The van der Waals surface area contributed by atoms with E-state index in [4.69, 9.17) is 0 Å². The van der Waals surface area contributed by atoms with E-state index < -0.39 is 6.10 Å². The molecule has 1 aromatic heterocycles. The zero-order valence-corrected chi connectivity index (χ0v) is 12.5. The Balaban J connectivity index is 1.86. The molecule has 0 amide bonds. The van der Waals surface area contributed by atoms with Crippen LogP contribution in [0.2, 0.25) is 0 Å². The summed E-state index contributed by atoms with van der Waals surface area (Å²) in [5.74, 6) is 0.194. The fourth-order valence-corrected chi connectivity index (χ4v) is 2.68. The molecular weight excluding hydrogens is 329 g/mol. The number of rotatable bonds is 5. The normalized spacial score (nSPS) is 12.4. The zero-order chi connectivity index (χ0) is 13.7. The van der Waals surface area contributed by atoms with Gasteiger partial charge in [-0.15, -0.1) is 11.8 Å². The van der Waals surface area contributed by atoms with Crippen LogP contribution in [0.4, 0.5) is 4.39 Å². The summed E-state index contributed by atoms with van der Waals surface area (Å²) in [6, 6.07) is 10.3. The van der Waals surface area contributed by atoms with Crippen molar-refractivity contribution in [3.8, 4) is 0 Å². The Morgan fingerprint density at radius 1 is 1.26 bits per heavy atom. The lowest BCUT2D eigenvalue weighted by atomic mass is 10.2. The second-order valence-electron chi connectivity index (χ2n) is 4.07. The number of halogens is 2. The van der Waals surface area contributed by atoms with Gasteiger partial charge in [0.25, 0.3) is 0 Å². The van der Waals surface area contributed by atoms with Gasteiger partial charge in [0.05, 0.1) is 6.10 Å². The minimum absolute atomic E-state index is 0.249. The minimum Gasteiger partial charge on any atom is -0.392 e. The first-order valence-corrected chi connectivity index (χ1v) is 7.59. The molecule has 19 heavy (non-hydrogen) atoms. The highest BCUT2D eigenvalue weighted by molar-refractivity contribution is 9.10. The van der Waals surface area contributed by atoms with E-state index in [-0.39, 0.29) is 5.82 Å². The molecule has 1 heterocycles. The van der Waals surface area contributed by atoms with Crippen molar-refractivity contribution in [1.29, 1.82) is 0 Å². The molecule has 1 N–H and O–H groups in total. The van der Waals surface area contributed by atoms with E-state index >= 15 is 0 Å². The molecule has 0 aliphatic heterocycles. The van der Waals surface area contributed by atoms with E-state index in [0.29, 0.717) is 17.1 Å². The Morgan fingerprint density at radius 2 is 2.05 bits per heavy atom. The molecule has 1 unspecified atom stereocenters. The molecule has 5 heteroatoms. The van der Waals surface area contributed by atoms with Gasteiger partial charge in [0.2, 0.25) is 0 Å². The van der Waals surface area contributed by atoms with Crippen LogP contribution in [0.15, 0.2) is 52.0 Å². The topological polar surface area (TPSA) is 33.1 Å². The van der Waals surface area contributed by atoms with Crippen molar-refractivity contribution in [2.24, 2.45) is 0 Å². The Kier molecular flexibility index (Phi) is 5.36. The van der Waals surface area contributed by atoms with Gasteiger partial charge in [-0.25, -0.2) is 4.39 Å². The van der Waals surface area contributed by atoms with Gasteiger partial charge in [0.1, 0.15) is 5.82 Å². The minimum atomic E-state index is -0.543. The summed E-state index contributed by atoms with van der Waals surface area (Å²) in [5, 5.41) is 9.93. The number of hydrogen-bond donors (Lipinski definition) is 1. The largest absolute Gasteiger partial charge is 0.392 e. The van der Waals surface area contributed by atoms with E-state index in [1.165, 1.54) is 17.8 Å². The number of aliphatic hydroxyl groups excluding tert-OH is 1. The lowest BCUT2D eigenvalue weighted by Crippen LogP contribution is -2.14. The Hall–Kier alpha value is -0.910. The molecular formula is C14H13BrFNOS. The molecule has 1 aromatic carbocycles. The maximum atomic E-state index is 13.4. The maximum absolute atomic E-state index is 13.4. The quantitative estimate of drug-likeness (QED) is 0.842. The summed E-state index contributed by atoms with van der Waals surface area (Å²) in [4.78, 5) is 4.76. The summed E-state index contributed by atoms with van der Waals surface area (Å²) >= 11 is 4.63. The van der Waals surface area contributed by atoms with Gasteiger partial charge in [0, 0.05) is 33.4 Å². The molecule has 2 rings (SSSR count). The molecule has 1 atom stereocenters. The molecule has 2 nitrogen and oxygen atoms in total. The number of hydrogen-bond acceptors (Lipinski definition) is 3. The second-order valence-corrected chi connectivity index (χ2v) is 6.04. The number of aromatic nitrogens is 1. The molecule has 0 fully saturated rings. The Bertz CT molecular complexity index is 535. The molecule has 2 aromatic rings. The van der Waals surface area contributed by atoms with E-state index in [0.717, 1.165) is 10.2 Å². The van der Waals surface area contributed by atoms with Crippen LogP contribution in [0.25, 0.3) is 0 Å². The van der Waals surface area contributed by atoms with Gasteiger partial charge in [-0.1, -0.05) is 12.1 Å². The zero-order valence-electron chi connectivity index (χ0n) is 10.1. The summed E-state index contributed by atoms with van der Waals surface area (Å²) in [7, 11) is 0. The van der Waals surface area contributed by atoms with Crippen molar-refractivity contribution in [2.75, 3.05) is 5.75 Å². The first-order chi connectivity index (χ1) is 9.15. The van der Waals surface area contributed by atoms with Gasteiger partial charge < -0.3 is 5.11 Å². The Labute approximate surface area is 124 Å². The van der Waals surface area contributed by atoms with Crippen molar-refractivity contribution in [2.45, 2.75) is 17.4 Å². The van der Waals surface area contributed by atoms with Crippen molar-refractivity contribution in [1.82, 2.24) is 4.98 Å². The molecule has 0 bridgehead atoms. The number of thioether (sulfide) groups is 1. The number of benzene rings is 1. The molecule has 0 saturated carbocycles. The van der Waals surface area contributed by atoms with E-state index in [9.17, 15) is 9.50 Å². The summed E-state index contributed by atoms with van der Waals surface area (Å²) in [5.41, 5.74) is 0.824. The second kappa shape index (κ2) is 7.03. The van der Waals surface area contributed by atoms with Gasteiger partial charge in [-0.2, -0.15) is 0 Å². The van der Waals surface area contributed by atoms with Crippen LogP contribution >= 0.6 is 27.7 Å². The fourth-order valence-electron chi connectivity index (χ4n) is 1.58. The van der Waals surface area contributed by atoms with Crippen LogP contribution in [0, 0.1) is 5.82 Å². The van der Waals surface area contributed by atoms with Crippen LogP contribution in [0.1, 0.15) is 5.69 Å². The van der Waals surface area contributed by atoms with E-state index in [2.05, 4.69) is 20.9 Å². The lowest BCUT2D eigenvalue weighted by molar-refractivity contribution is 0.199. The molecule has 0 radical (unpaired) electrons. The van der Waals surface area contributed by atoms with Crippen LogP contribution in [0.5, 0.6) is 0 Å². The average molecular weight is 342 g/mol. The lowest BCUT2D eigenvalue weighted by Gasteiger charge is -2.10. The van der Waals surface area contributed by atoms with Crippen LogP contribution in [-0.4, -0.2) is 21.9 Å². The maximum Gasteiger partial charge on any atom is 0.136 e. The predicted molar refractivity (Wildman–Crippen MR) is 78.8 cm³/mol. The number of nitrogens with zero attached hydrogens (tertiary/aromatic N) is 1. The molecule has 0 saturated heterocycles. The standard InChI is InChI=1S/C14H13BrFNOS/c15-10-5-6-11(17-8-10)7-12(18)9-19-14-4-2-1-3-13(14)16/h1-6,8,12,18H,7,9H2. The van der Waals surface area contributed by atoms with E-state index in [1.54, 1.807) is 24.4 Å². The van der Waals surface area contributed by atoms with Crippen molar-refractivity contribution in [3.63, 3.8) is 0 Å². The van der Waals surface area contributed by atoms with Crippen molar-refractivity contribution < 1.29 is 9.50 Å². The SMILES string of the molecule is OC(CSc1ccccc1F)Cc1ccc(Br)cn1. The summed E-state index contributed by atoms with van der Waals surface area (Å²) < 4.78 is 14.3. The third-order valence-electron chi connectivity index (χ3n) is 2.50. The smallest absolute Gasteiger partial charge is 0.136 e. The monoisotopic (exact) mass is 341 g/mol.